The second kappa shape index (κ2) is 4.99. The lowest BCUT2D eigenvalue weighted by molar-refractivity contribution is -0.126. The van der Waals surface area contributed by atoms with Gasteiger partial charge in [-0.25, -0.2) is 0 Å². The molecule has 0 aliphatic carbocycles. The van der Waals surface area contributed by atoms with Crippen LogP contribution >= 0.6 is 0 Å². The van der Waals surface area contributed by atoms with Gasteiger partial charge in [0.05, 0.1) is 18.2 Å². The first kappa shape index (κ1) is 12.5. The van der Waals surface area contributed by atoms with Crippen molar-refractivity contribution >= 4 is 0 Å². The molecule has 1 atom stereocenters. The minimum absolute atomic E-state index is 0.435. The molecule has 0 radical (unpaired) electrons. The summed E-state index contributed by atoms with van der Waals surface area (Å²) in [7, 11) is 0. The normalized spacial score (nSPS) is 13.2. The first-order valence-corrected chi connectivity index (χ1v) is 4.72. The smallest absolute Gasteiger partial charge is 0.302 e. The maximum atomic E-state index is 12.0. The molecule has 0 saturated heterocycles. The molecule has 1 aromatic rings. The molecule has 16 heavy (non-hydrogen) atoms. The van der Waals surface area contributed by atoms with Crippen molar-refractivity contribution in [2.45, 2.75) is 19.1 Å². The summed E-state index contributed by atoms with van der Waals surface area (Å²) in [4.78, 5) is 0. The number of benzene rings is 1. The number of hydrogen-bond donors (Lipinski definition) is 1. The molecule has 0 aromatic heterocycles. The Kier molecular flexibility index (Phi) is 3.91. The number of alkyl halides is 3. The fraction of sp³-hybridized carbons (Fsp3) is 0.364. The molecule has 0 fully saturated rings. The van der Waals surface area contributed by atoms with Gasteiger partial charge in [-0.15, -0.1) is 0 Å². The van der Waals surface area contributed by atoms with Gasteiger partial charge in [0.2, 0.25) is 0 Å². The van der Waals surface area contributed by atoms with E-state index in [1.165, 1.54) is 0 Å². The Balaban J connectivity index is 2.66. The highest BCUT2D eigenvalue weighted by molar-refractivity contribution is 5.33. The molecule has 0 amide bonds. The predicted molar refractivity (Wildman–Crippen MR) is 53.6 cm³/mol. The van der Waals surface area contributed by atoms with Crippen LogP contribution in [0.2, 0.25) is 0 Å². The van der Waals surface area contributed by atoms with Gasteiger partial charge in [0, 0.05) is 6.04 Å². The Morgan fingerprint density at radius 2 is 2.12 bits per heavy atom. The topological polar surface area (TPSA) is 35.8 Å². The molecule has 0 aliphatic heterocycles. The van der Waals surface area contributed by atoms with Gasteiger partial charge < -0.3 is 5.32 Å². The van der Waals surface area contributed by atoms with E-state index in [0.717, 1.165) is 0 Å². The number of nitrogens with zero attached hydrogens (tertiary/aromatic N) is 1. The van der Waals surface area contributed by atoms with Gasteiger partial charge in [0.25, 0.3) is 0 Å². The SMILES string of the molecule is CC(NCC(F)(F)F)c1cccc(C#N)c1. The maximum absolute atomic E-state index is 12.0. The average molecular weight is 228 g/mol. The summed E-state index contributed by atoms with van der Waals surface area (Å²) in [5, 5.41) is 11.0. The monoisotopic (exact) mass is 228 g/mol. The fourth-order valence-corrected chi connectivity index (χ4v) is 1.26. The van der Waals surface area contributed by atoms with Gasteiger partial charge in [0.1, 0.15) is 0 Å². The van der Waals surface area contributed by atoms with Crippen LogP contribution in [-0.2, 0) is 0 Å². The highest BCUT2D eigenvalue weighted by atomic mass is 19.4. The van der Waals surface area contributed by atoms with Crippen LogP contribution in [0.5, 0.6) is 0 Å². The Labute approximate surface area is 91.7 Å². The average Bonchev–Trinajstić information content (AvgIpc) is 2.25. The van der Waals surface area contributed by atoms with Crippen molar-refractivity contribution in [1.82, 2.24) is 5.32 Å². The van der Waals surface area contributed by atoms with E-state index in [2.05, 4.69) is 5.32 Å². The molecule has 1 rings (SSSR count). The van der Waals surface area contributed by atoms with Crippen LogP contribution in [0, 0.1) is 11.3 Å². The van der Waals surface area contributed by atoms with Crippen molar-refractivity contribution in [3.63, 3.8) is 0 Å². The first-order chi connectivity index (χ1) is 7.42. The first-order valence-electron chi connectivity index (χ1n) is 4.72. The van der Waals surface area contributed by atoms with Crippen molar-refractivity contribution in [2.75, 3.05) is 6.54 Å². The summed E-state index contributed by atoms with van der Waals surface area (Å²) in [6, 6.07) is 8.04. The quantitative estimate of drug-likeness (QED) is 0.863. The third-order valence-electron chi connectivity index (χ3n) is 2.12. The molecule has 1 N–H and O–H groups in total. The Bertz CT molecular complexity index is 393. The third kappa shape index (κ3) is 3.91. The fourth-order valence-electron chi connectivity index (χ4n) is 1.26. The van der Waals surface area contributed by atoms with Gasteiger partial charge in [-0.05, 0) is 24.6 Å². The summed E-state index contributed by atoms with van der Waals surface area (Å²) in [5.74, 6) is 0. The zero-order chi connectivity index (χ0) is 12.2. The number of nitriles is 1. The molecule has 1 aromatic carbocycles. The lowest BCUT2D eigenvalue weighted by Crippen LogP contribution is -2.30. The number of halogens is 3. The molecule has 0 spiro atoms. The standard InChI is InChI=1S/C11H11F3N2/c1-8(16-7-11(12,13)14)10-4-2-3-9(5-10)6-15/h2-5,8,16H,7H2,1H3. The summed E-state index contributed by atoms with van der Waals surface area (Å²) in [5.41, 5.74) is 1.11. The van der Waals surface area contributed by atoms with Crippen LogP contribution in [0.15, 0.2) is 24.3 Å². The Morgan fingerprint density at radius 3 is 2.69 bits per heavy atom. The van der Waals surface area contributed by atoms with Crippen molar-refractivity contribution in [2.24, 2.45) is 0 Å². The van der Waals surface area contributed by atoms with Gasteiger partial charge in [0.15, 0.2) is 0 Å². The molecule has 5 heteroatoms. The lowest BCUT2D eigenvalue weighted by Gasteiger charge is -2.15. The van der Waals surface area contributed by atoms with Crippen LogP contribution in [0.3, 0.4) is 0 Å². The van der Waals surface area contributed by atoms with Crippen molar-refractivity contribution in [3.05, 3.63) is 35.4 Å². The van der Waals surface area contributed by atoms with Crippen molar-refractivity contribution in [1.29, 1.82) is 5.26 Å². The van der Waals surface area contributed by atoms with Crippen LogP contribution in [-0.4, -0.2) is 12.7 Å². The second-order valence-corrected chi connectivity index (χ2v) is 3.46. The molecule has 0 aliphatic rings. The van der Waals surface area contributed by atoms with Crippen LogP contribution in [0.25, 0.3) is 0 Å². The predicted octanol–water partition coefficient (Wildman–Crippen LogP) is 2.77. The van der Waals surface area contributed by atoms with E-state index in [-0.39, 0.29) is 0 Å². The Hall–Kier alpha value is -1.54. The summed E-state index contributed by atoms with van der Waals surface area (Å²) < 4.78 is 35.9. The highest BCUT2D eigenvalue weighted by Crippen LogP contribution is 2.17. The second-order valence-electron chi connectivity index (χ2n) is 3.46. The molecule has 2 nitrogen and oxygen atoms in total. The van der Waals surface area contributed by atoms with Gasteiger partial charge >= 0.3 is 6.18 Å². The lowest BCUT2D eigenvalue weighted by atomic mass is 10.1. The van der Waals surface area contributed by atoms with Crippen LogP contribution < -0.4 is 5.32 Å². The van der Waals surface area contributed by atoms with Gasteiger partial charge in [-0.3, -0.25) is 0 Å². The van der Waals surface area contributed by atoms with E-state index in [1.807, 2.05) is 6.07 Å². The zero-order valence-corrected chi connectivity index (χ0v) is 8.67. The summed E-state index contributed by atoms with van der Waals surface area (Å²) in [6.07, 6.45) is -4.22. The maximum Gasteiger partial charge on any atom is 0.401 e. The van der Waals surface area contributed by atoms with E-state index in [1.54, 1.807) is 31.2 Å². The minimum atomic E-state index is -4.22. The molecule has 0 bridgehead atoms. The van der Waals surface area contributed by atoms with E-state index in [0.29, 0.717) is 11.1 Å². The minimum Gasteiger partial charge on any atom is -0.302 e. The van der Waals surface area contributed by atoms with Crippen LogP contribution in [0.1, 0.15) is 24.1 Å². The van der Waals surface area contributed by atoms with E-state index < -0.39 is 18.8 Å². The van der Waals surface area contributed by atoms with Crippen LogP contribution in [0.4, 0.5) is 13.2 Å². The molecular weight excluding hydrogens is 217 g/mol. The number of hydrogen-bond acceptors (Lipinski definition) is 2. The summed E-state index contributed by atoms with van der Waals surface area (Å²) in [6.45, 7) is 0.590. The molecular formula is C11H11F3N2. The third-order valence-corrected chi connectivity index (χ3v) is 2.12. The highest BCUT2D eigenvalue weighted by Gasteiger charge is 2.27. The number of nitrogens with one attached hydrogen (secondary N) is 1. The summed E-state index contributed by atoms with van der Waals surface area (Å²) >= 11 is 0. The van der Waals surface area contributed by atoms with Crippen molar-refractivity contribution < 1.29 is 13.2 Å². The molecule has 0 saturated carbocycles. The molecule has 1 unspecified atom stereocenters. The van der Waals surface area contributed by atoms with Crippen molar-refractivity contribution in [3.8, 4) is 6.07 Å². The molecule has 86 valence electrons. The van der Waals surface area contributed by atoms with E-state index in [9.17, 15) is 13.2 Å². The van der Waals surface area contributed by atoms with Gasteiger partial charge in [-0.2, -0.15) is 18.4 Å². The number of rotatable bonds is 3. The molecule has 0 heterocycles. The van der Waals surface area contributed by atoms with E-state index >= 15 is 0 Å². The van der Waals surface area contributed by atoms with Gasteiger partial charge in [-0.1, -0.05) is 12.1 Å². The van der Waals surface area contributed by atoms with E-state index in [4.69, 9.17) is 5.26 Å². The Morgan fingerprint density at radius 1 is 1.44 bits per heavy atom. The largest absolute Gasteiger partial charge is 0.401 e. The zero-order valence-electron chi connectivity index (χ0n) is 8.67.